The maximum Gasteiger partial charge on any atom is 0.330 e. The summed E-state index contributed by atoms with van der Waals surface area (Å²) in [5.74, 6) is -2.50. The van der Waals surface area contributed by atoms with E-state index in [0.29, 0.717) is 11.3 Å². The van der Waals surface area contributed by atoms with Crippen molar-refractivity contribution in [2.75, 3.05) is 24.0 Å². The van der Waals surface area contributed by atoms with E-state index < -0.39 is 29.6 Å². The first-order valence-corrected chi connectivity index (χ1v) is 10.0. The minimum Gasteiger partial charge on any atom is -0.479 e. The maximum absolute atomic E-state index is 14.1. The zero-order chi connectivity index (χ0) is 23.5. The number of hydrogen-bond acceptors (Lipinski definition) is 5. The van der Waals surface area contributed by atoms with Crippen LogP contribution in [0.5, 0.6) is 5.75 Å². The number of amides is 2. The van der Waals surface area contributed by atoms with Gasteiger partial charge >= 0.3 is 5.97 Å². The number of carbonyl (C=O) groups is 3. The predicted molar refractivity (Wildman–Crippen MR) is 119 cm³/mol. The molecular weight excluding hydrogens is 429 g/mol. The Morgan fingerprint density at radius 3 is 2.42 bits per heavy atom. The van der Waals surface area contributed by atoms with E-state index in [0.717, 1.165) is 6.07 Å². The number of halogens is 1. The summed E-state index contributed by atoms with van der Waals surface area (Å²) in [6, 6.07) is 15.7. The Labute approximate surface area is 188 Å². The number of nitrogens with one attached hydrogen (secondary N) is 2. The van der Waals surface area contributed by atoms with Crippen LogP contribution in [0.4, 0.5) is 15.8 Å². The third-order valence-corrected chi connectivity index (χ3v) is 5.26. The molecule has 0 saturated heterocycles. The maximum atomic E-state index is 14.1. The lowest BCUT2D eigenvalue weighted by molar-refractivity contribution is -0.139. The molecule has 8 nitrogen and oxygen atoms in total. The molecule has 33 heavy (non-hydrogen) atoms. The molecule has 0 spiro atoms. The molecule has 0 saturated carbocycles. The van der Waals surface area contributed by atoms with Crippen molar-refractivity contribution in [3.05, 3.63) is 89.2 Å². The number of carboxylic acid groups (broad SMARTS) is 1. The van der Waals surface area contributed by atoms with Gasteiger partial charge in [-0.3, -0.25) is 14.5 Å². The molecule has 4 rings (SSSR count). The highest BCUT2D eigenvalue weighted by molar-refractivity contribution is 6.09. The number of fused-ring (bicyclic) bond motifs is 1. The molecule has 9 heteroatoms. The minimum atomic E-state index is -1.20. The lowest BCUT2D eigenvalue weighted by Gasteiger charge is -2.29. The Balaban J connectivity index is 1.51. The van der Waals surface area contributed by atoms with Gasteiger partial charge in [-0.1, -0.05) is 30.3 Å². The van der Waals surface area contributed by atoms with Gasteiger partial charge in [-0.05, 0) is 35.9 Å². The first-order chi connectivity index (χ1) is 15.9. The second-order valence-electron chi connectivity index (χ2n) is 7.29. The Hall–Kier alpha value is -4.40. The minimum absolute atomic E-state index is 0.0821. The van der Waals surface area contributed by atoms with E-state index >= 15 is 0 Å². The number of nitrogens with zero attached hydrogens (tertiary/aromatic N) is 1. The van der Waals surface area contributed by atoms with Crippen molar-refractivity contribution in [1.29, 1.82) is 0 Å². The van der Waals surface area contributed by atoms with Crippen LogP contribution in [0, 0.1) is 5.82 Å². The van der Waals surface area contributed by atoms with Gasteiger partial charge in [0.15, 0.2) is 12.8 Å². The highest BCUT2D eigenvalue weighted by Gasteiger charge is 2.29. The molecule has 0 bridgehead atoms. The second-order valence-corrected chi connectivity index (χ2v) is 7.29. The summed E-state index contributed by atoms with van der Waals surface area (Å²) in [5, 5.41) is 14.7. The highest BCUT2D eigenvalue weighted by atomic mass is 19.1. The van der Waals surface area contributed by atoms with Crippen LogP contribution in [0.3, 0.4) is 0 Å². The van der Waals surface area contributed by atoms with E-state index in [2.05, 4.69) is 10.6 Å². The molecule has 1 atom stereocenters. The van der Waals surface area contributed by atoms with Gasteiger partial charge in [-0.15, -0.1) is 0 Å². The molecule has 3 N–H and O–H groups in total. The smallest absolute Gasteiger partial charge is 0.330 e. The highest BCUT2D eigenvalue weighted by Crippen LogP contribution is 2.32. The number of ether oxygens (including phenoxy) is 1. The van der Waals surface area contributed by atoms with Crippen LogP contribution >= 0.6 is 0 Å². The van der Waals surface area contributed by atoms with Crippen molar-refractivity contribution in [2.24, 2.45) is 0 Å². The van der Waals surface area contributed by atoms with E-state index in [-0.39, 0.29) is 29.3 Å². The number of hydrogen-bond donors (Lipinski definition) is 3. The van der Waals surface area contributed by atoms with E-state index in [9.17, 15) is 23.9 Å². The molecule has 3 aromatic rings. The molecule has 1 heterocycles. The molecule has 3 aromatic carbocycles. The molecule has 0 radical (unpaired) electrons. The van der Waals surface area contributed by atoms with Crippen molar-refractivity contribution in [3.8, 4) is 5.75 Å². The van der Waals surface area contributed by atoms with Gasteiger partial charge in [0, 0.05) is 24.4 Å². The van der Waals surface area contributed by atoms with Gasteiger partial charge in [0.05, 0.1) is 11.3 Å². The van der Waals surface area contributed by atoms with Gasteiger partial charge in [0.25, 0.3) is 11.8 Å². The van der Waals surface area contributed by atoms with Crippen molar-refractivity contribution in [3.63, 3.8) is 0 Å². The normalized spacial score (nSPS) is 13.5. The molecule has 0 aliphatic carbocycles. The summed E-state index contributed by atoms with van der Waals surface area (Å²) >= 11 is 0. The van der Waals surface area contributed by atoms with Gasteiger partial charge in [-0.25, -0.2) is 9.18 Å². The van der Waals surface area contributed by atoms with Crippen LogP contribution in [0.15, 0.2) is 66.7 Å². The van der Waals surface area contributed by atoms with Crippen LogP contribution in [0.25, 0.3) is 0 Å². The Morgan fingerprint density at radius 1 is 1.09 bits per heavy atom. The molecule has 0 fully saturated rings. The summed E-state index contributed by atoms with van der Waals surface area (Å²) in [4.78, 5) is 38.4. The van der Waals surface area contributed by atoms with E-state index in [1.165, 1.54) is 35.2 Å². The van der Waals surface area contributed by atoms with Crippen LogP contribution < -0.4 is 20.3 Å². The monoisotopic (exact) mass is 449 g/mol. The Kier molecular flexibility index (Phi) is 5.95. The molecular formula is C24H20FN3O5. The lowest BCUT2D eigenvalue weighted by atomic mass is 10.1. The molecule has 1 unspecified atom stereocenters. The van der Waals surface area contributed by atoms with E-state index in [4.69, 9.17) is 4.74 Å². The Morgan fingerprint density at radius 2 is 1.79 bits per heavy atom. The number of carbonyl (C=O) groups excluding carboxylic acids is 2. The zero-order valence-electron chi connectivity index (χ0n) is 17.5. The summed E-state index contributed by atoms with van der Waals surface area (Å²) in [7, 11) is 1.57. The third kappa shape index (κ3) is 4.33. The van der Waals surface area contributed by atoms with E-state index in [1.807, 2.05) is 0 Å². The fourth-order valence-corrected chi connectivity index (χ4v) is 3.50. The van der Waals surface area contributed by atoms with Crippen molar-refractivity contribution < 1.29 is 28.6 Å². The summed E-state index contributed by atoms with van der Waals surface area (Å²) < 4.78 is 19.7. The SMILES string of the molecule is CNc1cc2c(cc1F)C(=O)N(c1ccc(C(=O)NC(C(=O)O)c3ccccc3)cc1)CO2. The first-order valence-electron chi connectivity index (χ1n) is 10.0. The number of aliphatic carboxylic acids is 1. The van der Waals surface area contributed by atoms with Gasteiger partial charge in [0.1, 0.15) is 11.6 Å². The molecule has 1 aliphatic rings. The first kappa shape index (κ1) is 21.8. The quantitative estimate of drug-likeness (QED) is 0.532. The fraction of sp³-hybridized carbons (Fsp3) is 0.125. The largest absolute Gasteiger partial charge is 0.479 e. The van der Waals surface area contributed by atoms with Gasteiger partial charge in [-0.2, -0.15) is 0 Å². The van der Waals surface area contributed by atoms with Crippen LogP contribution in [-0.2, 0) is 4.79 Å². The number of carboxylic acids is 1. The predicted octanol–water partition coefficient (Wildman–Crippen LogP) is 3.42. The third-order valence-electron chi connectivity index (χ3n) is 5.26. The van der Waals surface area contributed by atoms with Crippen LogP contribution in [-0.4, -0.2) is 36.7 Å². The zero-order valence-corrected chi connectivity index (χ0v) is 17.5. The summed E-state index contributed by atoms with van der Waals surface area (Å²) in [6.45, 7) is -0.0821. The molecule has 0 aromatic heterocycles. The fourth-order valence-electron chi connectivity index (χ4n) is 3.50. The van der Waals surface area contributed by atoms with Crippen LogP contribution in [0.1, 0.15) is 32.3 Å². The standard InChI is InChI=1S/C24H20FN3O5/c1-26-19-12-20-17(11-18(19)25)23(30)28(13-33-20)16-9-7-15(8-10-16)22(29)27-21(24(31)32)14-5-3-2-4-6-14/h2-12,21,26H,13H2,1H3,(H,27,29)(H,31,32). The van der Waals surface area contributed by atoms with Crippen molar-refractivity contribution in [1.82, 2.24) is 5.32 Å². The van der Waals surface area contributed by atoms with E-state index in [1.54, 1.807) is 37.4 Å². The topological polar surface area (TPSA) is 108 Å². The molecule has 1 aliphatic heterocycles. The summed E-state index contributed by atoms with van der Waals surface area (Å²) in [6.07, 6.45) is 0. The number of anilines is 2. The van der Waals surface area contributed by atoms with Gasteiger partial charge in [0.2, 0.25) is 0 Å². The number of benzene rings is 3. The summed E-state index contributed by atoms with van der Waals surface area (Å²) in [5.41, 5.74) is 1.42. The van der Waals surface area contributed by atoms with Crippen molar-refractivity contribution in [2.45, 2.75) is 6.04 Å². The van der Waals surface area contributed by atoms with Crippen LogP contribution in [0.2, 0.25) is 0 Å². The Bertz CT molecular complexity index is 1210. The number of rotatable bonds is 6. The molecule has 2 amide bonds. The lowest BCUT2D eigenvalue weighted by Crippen LogP contribution is -2.39. The molecule has 168 valence electrons. The van der Waals surface area contributed by atoms with Gasteiger partial charge < -0.3 is 20.5 Å². The average molecular weight is 449 g/mol. The van der Waals surface area contributed by atoms with Crippen molar-refractivity contribution >= 4 is 29.2 Å². The second kappa shape index (κ2) is 8.99. The average Bonchev–Trinajstić information content (AvgIpc) is 2.83.